The number of rotatable bonds is 1. The molecule has 2 aromatic rings. The Labute approximate surface area is 99.5 Å². The summed E-state index contributed by atoms with van der Waals surface area (Å²) in [7, 11) is 0. The molecule has 0 radical (unpaired) electrons. The van der Waals surface area contributed by atoms with Crippen LogP contribution in [0.1, 0.15) is 11.5 Å². The average Bonchev–Trinajstić information content (AvgIpc) is 2.49. The van der Waals surface area contributed by atoms with Gasteiger partial charge in [-0.2, -0.15) is 0 Å². The van der Waals surface area contributed by atoms with Gasteiger partial charge in [-0.15, -0.1) is 12.4 Å². The van der Waals surface area contributed by atoms with Crippen molar-refractivity contribution in [3.05, 3.63) is 29.7 Å². The van der Waals surface area contributed by atoms with Crippen molar-refractivity contribution in [1.29, 1.82) is 0 Å². The van der Waals surface area contributed by atoms with E-state index >= 15 is 0 Å². The van der Waals surface area contributed by atoms with E-state index in [-0.39, 0.29) is 18.2 Å². The van der Waals surface area contributed by atoms with E-state index in [0.717, 1.165) is 11.3 Å². The number of benzene rings is 1. The maximum absolute atomic E-state index is 9.76. The molecule has 1 aromatic heterocycles. The highest BCUT2D eigenvalue weighted by Gasteiger charge is 2.17. The van der Waals surface area contributed by atoms with Gasteiger partial charge in [0.15, 0.2) is 0 Å². The summed E-state index contributed by atoms with van der Waals surface area (Å²) in [5.74, 6) is 0.796. The fourth-order valence-corrected chi connectivity index (χ4v) is 1.67. The predicted octanol–water partition coefficient (Wildman–Crippen LogP) is 2.67. The van der Waals surface area contributed by atoms with Gasteiger partial charge in [0.25, 0.3) is 0 Å². The van der Waals surface area contributed by atoms with Crippen LogP contribution in [0.5, 0.6) is 5.75 Å². The number of aromatic nitrogens is 1. The molecule has 1 heterocycles. The fraction of sp³-hybridized carbons (Fsp3) is 0.182. The van der Waals surface area contributed by atoms with Gasteiger partial charge in [-0.1, -0.05) is 11.2 Å². The lowest BCUT2D eigenvalue weighted by Crippen LogP contribution is -1.91. The lowest BCUT2D eigenvalue weighted by atomic mass is 10.0. The van der Waals surface area contributed by atoms with Crippen LogP contribution in [0.4, 0.5) is 5.69 Å². The van der Waals surface area contributed by atoms with Gasteiger partial charge in [0, 0.05) is 5.69 Å². The van der Waals surface area contributed by atoms with Crippen molar-refractivity contribution >= 4 is 18.1 Å². The quantitative estimate of drug-likeness (QED) is 0.752. The fourth-order valence-electron chi connectivity index (χ4n) is 1.67. The number of nitrogens with two attached hydrogens (primary N) is 1. The molecule has 0 bridgehead atoms. The highest BCUT2D eigenvalue weighted by atomic mass is 35.5. The standard InChI is InChI=1S/C11H12N2O2.ClH/c1-6-10(7(2)15-13-6)11-8(12)4-3-5-9(11)14;/h3-5,14H,12H2,1-2H3;1H. The van der Waals surface area contributed by atoms with Crippen molar-refractivity contribution in [1.82, 2.24) is 5.16 Å². The van der Waals surface area contributed by atoms with Gasteiger partial charge >= 0.3 is 0 Å². The number of aryl methyl sites for hydroxylation is 2. The first-order valence-corrected chi connectivity index (χ1v) is 4.62. The molecule has 5 heteroatoms. The smallest absolute Gasteiger partial charge is 0.141 e. The molecule has 3 N–H and O–H groups in total. The topological polar surface area (TPSA) is 72.3 Å². The molecule has 0 saturated heterocycles. The highest BCUT2D eigenvalue weighted by molar-refractivity contribution is 5.85. The van der Waals surface area contributed by atoms with Gasteiger partial charge in [-0.3, -0.25) is 0 Å². The number of phenolic OH excluding ortho intramolecular Hbond substituents is 1. The zero-order valence-corrected chi connectivity index (χ0v) is 9.84. The van der Waals surface area contributed by atoms with E-state index in [0.29, 0.717) is 17.0 Å². The number of halogens is 1. The minimum atomic E-state index is 0. The summed E-state index contributed by atoms with van der Waals surface area (Å²) in [4.78, 5) is 0. The number of hydrogen-bond donors (Lipinski definition) is 2. The Morgan fingerprint density at radius 2 is 1.94 bits per heavy atom. The molecule has 0 atom stereocenters. The molecule has 0 amide bonds. The van der Waals surface area contributed by atoms with Crippen molar-refractivity contribution in [2.45, 2.75) is 13.8 Å². The Balaban J connectivity index is 0.00000128. The van der Waals surface area contributed by atoms with Gasteiger partial charge in [0.2, 0.25) is 0 Å². The van der Waals surface area contributed by atoms with E-state index in [9.17, 15) is 5.11 Å². The van der Waals surface area contributed by atoms with Crippen molar-refractivity contribution in [3.8, 4) is 16.9 Å². The number of nitrogens with zero attached hydrogens (tertiary/aromatic N) is 1. The van der Waals surface area contributed by atoms with Crippen LogP contribution in [0, 0.1) is 13.8 Å². The van der Waals surface area contributed by atoms with Gasteiger partial charge < -0.3 is 15.4 Å². The summed E-state index contributed by atoms with van der Waals surface area (Å²) in [6.45, 7) is 3.61. The normalized spacial score (nSPS) is 9.88. The number of hydrogen-bond acceptors (Lipinski definition) is 4. The Morgan fingerprint density at radius 3 is 2.44 bits per heavy atom. The molecule has 0 fully saturated rings. The summed E-state index contributed by atoms with van der Waals surface area (Å²) in [5, 5.41) is 13.6. The van der Waals surface area contributed by atoms with E-state index in [1.165, 1.54) is 0 Å². The summed E-state index contributed by atoms with van der Waals surface area (Å²) in [6, 6.07) is 5.03. The van der Waals surface area contributed by atoms with Crippen LogP contribution in [-0.4, -0.2) is 10.3 Å². The predicted molar refractivity (Wildman–Crippen MR) is 64.7 cm³/mol. The molecule has 0 aliphatic carbocycles. The summed E-state index contributed by atoms with van der Waals surface area (Å²) in [6.07, 6.45) is 0. The highest BCUT2D eigenvalue weighted by Crippen LogP contribution is 2.37. The molecule has 0 aliphatic heterocycles. The number of aromatic hydroxyl groups is 1. The molecule has 4 nitrogen and oxygen atoms in total. The molecular weight excluding hydrogens is 228 g/mol. The summed E-state index contributed by atoms with van der Waals surface area (Å²) in [5.41, 5.74) is 8.42. The van der Waals surface area contributed by atoms with Crippen LogP contribution in [0.2, 0.25) is 0 Å². The lowest BCUT2D eigenvalue weighted by Gasteiger charge is -2.06. The molecule has 0 spiro atoms. The Morgan fingerprint density at radius 1 is 1.25 bits per heavy atom. The molecule has 1 aromatic carbocycles. The first kappa shape index (κ1) is 12.4. The van der Waals surface area contributed by atoms with Gasteiger partial charge in [-0.05, 0) is 26.0 Å². The first-order chi connectivity index (χ1) is 7.11. The second-order valence-electron chi connectivity index (χ2n) is 3.44. The average molecular weight is 241 g/mol. The molecule has 0 unspecified atom stereocenters. The molecular formula is C11H13ClN2O2. The third-order valence-electron chi connectivity index (χ3n) is 2.36. The van der Waals surface area contributed by atoms with Crippen LogP contribution in [-0.2, 0) is 0 Å². The van der Waals surface area contributed by atoms with Crippen molar-refractivity contribution in [3.63, 3.8) is 0 Å². The minimum Gasteiger partial charge on any atom is -0.507 e. The summed E-state index contributed by atoms with van der Waals surface area (Å²) >= 11 is 0. The Bertz CT molecular complexity index is 469. The van der Waals surface area contributed by atoms with E-state index in [1.54, 1.807) is 25.1 Å². The lowest BCUT2D eigenvalue weighted by molar-refractivity contribution is 0.393. The van der Waals surface area contributed by atoms with Crippen LogP contribution in [0.25, 0.3) is 11.1 Å². The van der Waals surface area contributed by atoms with E-state index in [2.05, 4.69) is 5.16 Å². The first-order valence-electron chi connectivity index (χ1n) is 4.62. The van der Waals surface area contributed by atoms with Crippen molar-refractivity contribution in [2.24, 2.45) is 0 Å². The van der Waals surface area contributed by atoms with Crippen LogP contribution in [0.15, 0.2) is 22.7 Å². The van der Waals surface area contributed by atoms with Gasteiger partial charge in [0.05, 0.1) is 16.8 Å². The Kier molecular flexibility index (Phi) is 3.44. The second-order valence-corrected chi connectivity index (χ2v) is 3.44. The second kappa shape index (κ2) is 4.45. The largest absolute Gasteiger partial charge is 0.507 e. The van der Waals surface area contributed by atoms with Crippen molar-refractivity contribution < 1.29 is 9.63 Å². The van der Waals surface area contributed by atoms with Crippen LogP contribution < -0.4 is 5.73 Å². The third kappa shape index (κ3) is 1.84. The maximum Gasteiger partial charge on any atom is 0.141 e. The van der Waals surface area contributed by atoms with Crippen molar-refractivity contribution in [2.75, 3.05) is 5.73 Å². The maximum atomic E-state index is 9.76. The number of phenols is 1. The zero-order chi connectivity index (χ0) is 11.0. The molecule has 16 heavy (non-hydrogen) atoms. The molecule has 2 rings (SSSR count). The van der Waals surface area contributed by atoms with Gasteiger partial charge in [0.1, 0.15) is 11.5 Å². The molecule has 0 saturated carbocycles. The van der Waals surface area contributed by atoms with E-state index in [1.807, 2.05) is 6.92 Å². The van der Waals surface area contributed by atoms with Gasteiger partial charge in [-0.25, -0.2) is 0 Å². The van der Waals surface area contributed by atoms with Crippen LogP contribution >= 0.6 is 12.4 Å². The third-order valence-corrected chi connectivity index (χ3v) is 2.36. The van der Waals surface area contributed by atoms with Crippen LogP contribution in [0.3, 0.4) is 0 Å². The van der Waals surface area contributed by atoms with E-state index in [4.69, 9.17) is 10.3 Å². The zero-order valence-electron chi connectivity index (χ0n) is 9.02. The SMILES string of the molecule is Cc1noc(C)c1-c1c(N)cccc1O.Cl. The number of nitrogen functional groups attached to an aromatic ring is 1. The monoisotopic (exact) mass is 240 g/mol. The van der Waals surface area contributed by atoms with E-state index < -0.39 is 0 Å². The summed E-state index contributed by atoms with van der Waals surface area (Å²) < 4.78 is 5.04. The Hall–Kier alpha value is -1.68. The molecule has 0 aliphatic rings. The molecule has 86 valence electrons. The number of anilines is 1. The minimum absolute atomic E-state index is 0.